The molecule has 0 atom stereocenters. The molecule has 0 saturated carbocycles. The first-order valence-electron chi connectivity index (χ1n) is 6.32. The Labute approximate surface area is 122 Å². The van der Waals surface area contributed by atoms with Gasteiger partial charge in [-0.1, -0.05) is 12.1 Å². The Morgan fingerprint density at radius 1 is 1.05 bits per heavy atom. The van der Waals surface area contributed by atoms with Gasteiger partial charge in [0, 0.05) is 5.69 Å². The maximum atomic E-state index is 11.7. The molecule has 0 aromatic heterocycles. The fraction of sp³-hybridized carbons (Fsp3) is 0.125. The van der Waals surface area contributed by atoms with Crippen molar-refractivity contribution < 1.29 is 19.1 Å². The van der Waals surface area contributed by atoms with Crippen molar-refractivity contribution in [1.29, 1.82) is 0 Å². The predicted molar refractivity (Wildman–Crippen MR) is 78.6 cm³/mol. The van der Waals surface area contributed by atoms with Gasteiger partial charge in [0.25, 0.3) is 0 Å². The molecule has 0 radical (unpaired) electrons. The lowest BCUT2D eigenvalue weighted by atomic mass is 10.2. The standard InChI is InChI=1S/C16H15NO4/c1-11-4-3-5-13(10-11)17-16(19)21-14-8-6-12(7-9-14)15(18)20-2/h3-10H,1-2H3,(H,17,19). The van der Waals surface area contributed by atoms with Crippen LogP contribution in [0, 0.1) is 6.92 Å². The first-order chi connectivity index (χ1) is 10.1. The Morgan fingerprint density at radius 3 is 2.38 bits per heavy atom. The van der Waals surface area contributed by atoms with Gasteiger partial charge in [-0.05, 0) is 48.9 Å². The molecule has 2 rings (SSSR count). The van der Waals surface area contributed by atoms with Crippen molar-refractivity contribution in [3.05, 3.63) is 59.7 Å². The molecule has 0 aliphatic heterocycles. The van der Waals surface area contributed by atoms with Gasteiger partial charge in [0.05, 0.1) is 12.7 Å². The van der Waals surface area contributed by atoms with Crippen LogP contribution in [0.2, 0.25) is 0 Å². The number of aryl methyl sites for hydroxylation is 1. The van der Waals surface area contributed by atoms with Gasteiger partial charge in [-0.25, -0.2) is 9.59 Å². The lowest BCUT2D eigenvalue weighted by molar-refractivity contribution is 0.0600. The molecule has 1 amide bonds. The molecular weight excluding hydrogens is 270 g/mol. The van der Waals surface area contributed by atoms with E-state index in [1.807, 2.05) is 25.1 Å². The number of amides is 1. The molecule has 0 unspecified atom stereocenters. The molecule has 0 fully saturated rings. The van der Waals surface area contributed by atoms with Gasteiger partial charge in [-0.3, -0.25) is 5.32 Å². The topological polar surface area (TPSA) is 64.6 Å². The lowest BCUT2D eigenvalue weighted by Gasteiger charge is -2.07. The van der Waals surface area contributed by atoms with E-state index in [0.29, 0.717) is 17.0 Å². The van der Waals surface area contributed by atoms with E-state index in [1.165, 1.54) is 31.4 Å². The van der Waals surface area contributed by atoms with Gasteiger partial charge in [0.1, 0.15) is 5.75 Å². The summed E-state index contributed by atoms with van der Waals surface area (Å²) in [4.78, 5) is 23.0. The maximum absolute atomic E-state index is 11.7. The Bertz CT molecular complexity index is 650. The minimum absolute atomic E-state index is 0.341. The number of benzene rings is 2. The molecule has 0 saturated heterocycles. The first-order valence-corrected chi connectivity index (χ1v) is 6.32. The summed E-state index contributed by atoms with van der Waals surface area (Å²) < 4.78 is 9.71. The van der Waals surface area contributed by atoms with Gasteiger partial charge >= 0.3 is 12.1 Å². The highest BCUT2D eigenvalue weighted by atomic mass is 16.6. The number of rotatable bonds is 3. The predicted octanol–water partition coefficient (Wildman–Crippen LogP) is 3.39. The molecule has 2 aromatic rings. The maximum Gasteiger partial charge on any atom is 0.417 e. The van der Waals surface area contributed by atoms with Crippen LogP contribution in [0.1, 0.15) is 15.9 Å². The molecule has 0 bridgehead atoms. The molecule has 5 nitrogen and oxygen atoms in total. The Morgan fingerprint density at radius 2 is 1.76 bits per heavy atom. The largest absolute Gasteiger partial charge is 0.465 e. The summed E-state index contributed by atoms with van der Waals surface area (Å²) in [6, 6.07) is 13.5. The number of hydrogen-bond donors (Lipinski definition) is 1. The summed E-state index contributed by atoms with van der Waals surface area (Å²) in [5, 5.41) is 2.63. The third-order valence-electron chi connectivity index (χ3n) is 2.75. The van der Waals surface area contributed by atoms with Gasteiger partial charge < -0.3 is 9.47 Å². The number of carbonyl (C=O) groups is 2. The number of hydrogen-bond acceptors (Lipinski definition) is 4. The van der Waals surface area contributed by atoms with Gasteiger partial charge in [0.2, 0.25) is 0 Å². The van der Waals surface area contributed by atoms with E-state index in [4.69, 9.17) is 4.74 Å². The number of ether oxygens (including phenoxy) is 2. The van der Waals surface area contributed by atoms with E-state index in [0.717, 1.165) is 5.56 Å². The van der Waals surface area contributed by atoms with Crippen LogP contribution in [0.5, 0.6) is 5.75 Å². The van der Waals surface area contributed by atoms with Crippen molar-refractivity contribution in [2.75, 3.05) is 12.4 Å². The number of carbonyl (C=O) groups excluding carboxylic acids is 2. The lowest BCUT2D eigenvalue weighted by Crippen LogP contribution is -2.16. The molecule has 0 aliphatic carbocycles. The van der Waals surface area contributed by atoms with Crippen molar-refractivity contribution in [3.8, 4) is 5.75 Å². The van der Waals surface area contributed by atoms with Crippen LogP contribution in [0.3, 0.4) is 0 Å². The van der Waals surface area contributed by atoms with Crippen LogP contribution in [0.15, 0.2) is 48.5 Å². The second-order valence-corrected chi connectivity index (χ2v) is 4.40. The molecule has 21 heavy (non-hydrogen) atoms. The zero-order valence-electron chi connectivity index (χ0n) is 11.8. The summed E-state index contributed by atoms with van der Waals surface area (Å²) in [6.07, 6.45) is -0.591. The van der Waals surface area contributed by atoms with E-state index < -0.39 is 12.1 Å². The number of nitrogens with one attached hydrogen (secondary N) is 1. The Hall–Kier alpha value is -2.82. The third kappa shape index (κ3) is 4.07. The van der Waals surface area contributed by atoms with Gasteiger partial charge in [-0.2, -0.15) is 0 Å². The Kier molecular flexibility index (Phi) is 4.56. The number of anilines is 1. The van der Waals surface area contributed by atoms with Crippen molar-refractivity contribution in [2.24, 2.45) is 0 Å². The van der Waals surface area contributed by atoms with Gasteiger partial charge in [0.15, 0.2) is 0 Å². The van der Waals surface area contributed by atoms with Gasteiger partial charge in [-0.15, -0.1) is 0 Å². The number of esters is 1. The molecule has 5 heteroatoms. The van der Waals surface area contributed by atoms with E-state index in [1.54, 1.807) is 6.07 Å². The summed E-state index contributed by atoms with van der Waals surface area (Å²) >= 11 is 0. The summed E-state index contributed by atoms with van der Waals surface area (Å²) in [5.74, 6) is -0.0985. The van der Waals surface area contributed by atoms with Crippen molar-refractivity contribution in [3.63, 3.8) is 0 Å². The van der Waals surface area contributed by atoms with E-state index >= 15 is 0 Å². The van der Waals surface area contributed by atoms with Crippen LogP contribution in [0.4, 0.5) is 10.5 Å². The van der Waals surface area contributed by atoms with Crippen LogP contribution < -0.4 is 10.1 Å². The van der Waals surface area contributed by atoms with E-state index in [-0.39, 0.29) is 0 Å². The second-order valence-electron chi connectivity index (χ2n) is 4.40. The highest BCUT2D eigenvalue weighted by Gasteiger charge is 2.08. The van der Waals surface area contributed by atoms with Crippen LogP contribution in [-0.4, -0.2) is 19.2 Å². The van der Waals surface area contributed by atoms with Crippen LogP contribution >= 0.6 is 0 Å². The van der Waals surface area contributed by atoms with E-state index in [9.17, 15) is 9.59 Å². The monoisotopic (exact) mass is 285 g/mol. The average Bonchev–Trinajstić information content (AvgIpc) is 2.47. The molecular formula is C16H15NO4. The summed E-state index contributed by atoms with van der Waals surface area (Å²) in [7, 11) is 1.31. The Balaban J connectivity index is 1.98. The van der Waals surface area contributed by atoms with Crippen LogP contribution in [-0.2, 0) is 4.74 Å². The zero-order chi connectivity index (χ0) is 15.2. The molecule has 0 heterocycles. The summed E-state index contributed by atoms with van der Waals surface area (Å²) in [5.41, 5.74) is 2.09. The zero-order valence-corrected chi connectivity index (χ0v) is 11.8. The smallest absolute Gasteiger partial charge is 0.417 e. The van der Waals surface area contributed by atoms with Crippen LogP contribution in [0.25, 0.3) is 0 Å². The van der Waals surface area contributed by atoms with E-state index in [2.05, 4.69) is 10.1 Å². The molecule has 0 spiro atoms. The minimum atomic E-state index is -0.591. The van der Waals surface area contributed by atoms with Crippen molar-refractivity contribution in [2.45, 2.75) is 6.92 Å². The van der Waals surface area contributed by atoms with Crippen molar-refractivity contribution in [1.82, 2.24) is 0 Å². The molecule has 108 valence electrons. The fourth-order valence-electron chi connectivity index (χ4n) is 1.75. The first kappa shape index (κ1) is 14.6. The highest BCUT2D eigenvalue weighted by Crippen LogP contribution is 2.15. The normalized spacial score (nSPS) is 9.81. The highest BCUT2D eigenvalue weighted by molar-refractivity contribution is 5.90. The average molecular weight is 285 g/mol. The SMILES string of the molecule is COC(=O)c1ccc(OC(=O)Nc2cccc(C)c2)cc1. The molecule has 0 aliphatic rings. The second kappa shape index (κ2) is 6.56. The fourth-order valence-corrected chi connectivity index (χ4v) is 1.75. The number of methoxy groups -OCH3 is 1. The molecule has 2 aromatic carbocycles. The minimum Gasteiger partial charge on any atom is -0.465 e. The van der Waals surface area contributed by atoms with Crippen molar-refractivity contribution >= 4 is 17.7 Å². The third-order valence-corrected chi connectivity index (χ3v) is 2.75. The quantitative estimate of drug-likeness (QED) is 0.878. The molecule has 1 N–H and O–H groups in total. The summed E-state index contributed by atoms with van der Waals surface area (Å²) in [6.45, 7) is 1.93.